The van der Waals surface area contributed by atoms with Crippen molar-refractivity contribution in [2.75, 3.05) is 59.4 Å². The van der Waals surface area contributed by atoms with Gasteiger partial charge in [0.15, 0.2) is 5.96 Å². The van der Waals surface area contributed by atoms with Crippen molar-refractivity contribution in [1.82, 2.24) is 20.4 Å². The minimum Gasteiger partial charge on any atom is -0.357 e. The van der Waals surface area contributed by atoms with Crippen molar-refractivity contribution in [3.05, 3.63) is 35.9 Å². The molecule has 0 bridgehead atoms. The van der Waals surface area contributed by atoms with E-state index >= 15 is 0 Å². The Labute approximate surface area is 166 Å². The number of hydrogen-bond donors (Lipinski definition) is 2. The average Bonchev–Trinajstić information content (AvgIpc) is 2.88. The highest BCUT2D eigenvalue weighted by molar-refractivity contribution is 5.79. The van der Waals surface area contributed by atoms with E-state index in [1.165, 1.54) is 38.2 Å². The molecule has 152 valence electrons. The van der Waals surface area contributed by atoms with Crippen LogP contribution in [-0.4, -0.2) is 75.2 Å². The molecule has 1 fully saturated rings. The van der Waals surface area contributed by atoms with E-state index in [0.717, 1.165) is 38.6 Å². The summed E-state index contributed by atoms with van der Waals surface area (Å²) in [6.45, 7) is 15.2. The first-order chi connectivity index (χ1) is 13.0. The molecular formula is C22H39N5. The summed E-state index contributed by atoms with van der Waals surface area (Å²) in [6.07, 6.45) is 2.43. The van der Waals surface area contributed by atoms with Crippen molar-refractivity contribution >= 4 is 5.96 Å². The van der Waals surface area contributed by atoms with Crippen molar-refractivity contribution < 1.29 is 0 Å². The zero-order valence-electron chi connectivity index (χ0n) is 17.8. The molecular weight excluding hydrogens is 334 g/mol. The standard InChI is InChI=1S/C22H39N5/c1-5-23-21(25-19-22(2,3)20-11-7-6-8-12-20)24-13-9-15-27-16-10-14-26(4)17-18-27/h6-8,11-12H,5,9-10,13-19H2,1-4H3,(H2,23,24,25). The van der Waals surface area contributed by atoms with Crippen molar-refractivity contribution in [2.45, 2.75) is 39.0 Å². The minimum atomic E-state index is 0.0295. The van der Waals surface area contributed by atoms with Crippen LogP contribution in [0.3, 0.4) is 0 Å². The van der Waals surface area contributed by atoms with E-state index in [4.69, 9.17) is 4.99 Å². The number of rotatable bonds is 8. The molecule has 1 aliphatic heterocycles. The van der Waals surface area contributed by atoms with Crippen LogP contribution in [0, 0.1) is 0 Å². The Bertz CT molecular complexity index is 555. The Balaban J connectivity index is 1.78. The van der Waals surface area contributed by atoms with Crippen LogP contribution in [0.25, 0.3) is 0 Å². The van der Waals surface area contributed by atoms with Crippen molar-refractivity contribution in [3.63, 3.8) is 0 Å². The van der Waals surface area contributed by atoms with E-state index in [-0.39, 0.29) is 5.41 Å². The van der Waals surface area contributed by atoms with Gasteiger partial charge in [0, 0.05) is 31.6 Å². The summed E-state index contributed by atoms with van der Waals surface area (Å²) >= 11 is 0. The lowest BCUT2D eigenvalue weighted by Gasteiger charge is -2.24. The molecule has 5 heteroatoms. The highest BCUT2D eigenvalue weighted by Crippen LogP contribution is 2.22. The molecule has 0 unspecified atom stereocenters. The third-order valence-electron chi connectivity index (χ3n) is 5.29. The van der Waals surface area contributed by atoms with Crippen molar-refractivity contribution in [3.8, 4) is 0 Å². The number of nitrogens with zero attached hydrogens (tertiary/aromatic N) is 3. The number of aliphatic imine (C=N–C) groups is 1. The molecule has 0 saturated carbocycles. The van der Waals surface area contributed by atoms with Gasteiger partial charge in [0.1, 0.15) is 0 Å². The average molecular weight is 374 g/mol. The van der Waals surface area contributed by atoms with Gasteiger partial charge in [-0.1, -0.05) is 44.2 Å². The monoisotopic (exact) mass is 373 g/mol. The molecule has 1 aromatic rings. The van der Waals surface area contributed by atoms with Gasteiger partial charge in [-0.15, -0.1) is 0 Å². The fourth-order valence-electron chi connectivity index (χ4n) is 3.43. The number of hydrogen-bond acceptors (Lipinski definition) is 3. The maximum Gasteiger partial charge on any atom is 0.191 e. The highest BCUT2D eigenvalue weighted by atomic mass is 15.2. The number of guanidine groups is 1. The zero-order chi connectivity index (χ0) is 19.5. The van der Waals surface area contributed by atoms with Gasteiger partial charge in [-0.25, -0.2) is 0 Å². The molecule has 5 nitrogen and oxygen atoms in total. The predicted octanol–water partition coefficient (Wildman–Crippen LogP) is 2.55. The maximum atomic E-state index is 4.84. The van der Waals surface area contributed by atoms with Gasteiger partial charge >= 0.3 is 0 Å². The first kappa shape index (κ1) is 21.7. The molecule has 1 heterocycles. The fourth-order valence-corrected chi connectivity index (χ4v) is 3.43. The van der Waals surface area contributed by atoms with Gasteiger partial charge < -0.3 is 20.4 Å². The van der Waals surface area contributed by atoms with Crippen LogP contribution >= 0.6 is 0 Å². The second kappa shape index (κ2) is 11.3. The van der Waals surface area contributed by atoms with Crippen LogP contribution in [-0.2, 0) is 5.41 Å². The molecule has 0 spiro atoms. The molecule has 27 heavy (non-hydrogen) atoms. The molecule has 1 saturated heterocycles. The van der Waals surface area contributed by atoms with Crippen LogP contribution in [0.5, 0.6) is 0 Å². The van der Waals surface area contributed by atoms with Crippen LogP contribution in [0.4, 0.5) is 0 Å². The van der Waals surface area contributed by atoms with E-state index in [9.17, 15) is 0 Å². The van der Waals surface area contributed by atoms with Gasteiger partial charge in [-0.05, 0) is 52.0 Å². The largest absolute Gasteiger partial charge is 0.357 e. The third kappa shape index (κ3) is 7.89. The van der Waals surface area contributed by atoms with Crippen LogP contribution in [0.1, 0.15) is 39.2 Å². The summed E-state index contributed by atoms with van der Waals surface area (Å²) < 4.78 is 0. The summed E-state index contributed by atoms with van der Waals surface area (Å²) in [5, 5.41) is 6.89. The topological polar surface area (TPSA) is 42.9 Å². The number of nitrogens with one attached hydrogen (secondary N) is 2. The molecule has 2 rings (SSSR count). The van der Waals surface area contributed by atoms with Gasteiger partial charge in [0.2, 0.25) is 0 Å². The number of likely N-dealkylation sites (N-methyl/N-ethyl adjacent to an activating group) is 1. The summed E-state index contributed by atoms with van der Waals surface area (Å²) in [7, 11) is 2.22. The molecule has 1 aromatic carbocycles. The summed E-state index contributed by atoms with van der Waals surface area (Å²) in [6, 6.07) is 10.6. The van der Waals surface area contributed by atoms with Crippen molar-refractivity contribution in [2.24, 2.45) is 4.99 Å². The first-order valence-electron chi connectivity index (χ1n) is 10.5. The molecule has 0 amide bonds. The van der Waals surface area contributed by atoms with Gasteiger partial charge in [0.05, 0.1) is 6.54 Å². The zero-order valence-corrected chi connectivity index (χ0v) is 17.8. The van der Waals surface area contributed by atoms with E-state index in [1.54, 1.807) is 0 Å². The SMILES string of the molecule is CCNC(=NCC(C)(C)c1ccccc1)NCCCN1CCCN(C)CC1. The van der Waals surface area contributed by atoms with E-state index in [2.05, 4.69) is 78.6 Å². The number of benzene rings is 1. The highest BCUT2D eigenvalue weighted by Gasteiger charge is 2.20. The summed E-state index contributed by atoms with van der Waals surface area (Å²) in [5.74, 6) is 0.928. The molecule has 1 aliphatic rings. The second-order valence-corrected chi connectivity index (χ2v) is 8.22. The predicted molar refractivity (Wildman–Crippen MR) is 117 cm³/mol. The molecule has 0 radical (unpaired) electrons. The van der Waals surface area contributed by atoms with Crippen LogP contribution in [0.15, 0.2) is 35.3 Å². The summed E-state index contributed by atoms with van der Waals surface area (Å²) in [4.78, 5) is 9.87. The maximum absolute atomic E-state index is 4.84. The normalized spacial score (nSPS) is 17.6. The molecule has 0 aromatic heterocycles. The van der Waals surface area contributed by atoms with E-state index in [0.29, 0.717) is 0 Å². The summed E-state index contributed by atoms with van der Waals surface area (Å²) in [5.41, 5.74) is 1.36. The molecule has 0 atom stereocenters. The second-order valence-electron chi connectivity index (χ2n) is 8.22. The van der Waals surface area contributed by atoms with Crippen molar-refractivity contribution in [1.29, 1.82) is 0 Å². The lowest BCUT2D eigenvalue weighted by Crippen LogP contribution is -2.40. The van der Waals surface area contributed by atoms with Gasteiger partial charge in [-0.3, -0.25) is 4.99 Å². The Morgan fingerprint density at radius 3 is 2.59 bits per heavy atom. The minimum absolute atomic E-state index is 0.0295. The van der Waals surface area contributed by atoms with Gasteiger partial charge in [-0.2, -0.15) is 0 Å². The Hall–Kier alpha value is -1.59. The Morgan fingerprint density at radius 2 is 1.85 bits per heavy atom. The molecule has 2 N–H and O–H groups in total. The van der Waals surface area contributed by atoms with Gasteiger partial charge in [0.25, 0.3) is 0 Å². The van der Waals surface area contributed by atoms with E-state index in [1.807, 2.05) is 0 Å². The smallest absolute Gasteiger partial charge is 0.191 e. The molecule has 0 aliphatic carbocycles. The lowest BCUT2D eigenvalue weighted by molar-refractivity contribution is 0.274. The fraction of sp³-hybridized carbons (Fsp3) is 0.682. The third-order valence-corrected chi connectivity index (χ3v) is 5.29. The first-order valence-corrected chi connectivity index (χ1v) is 10.5. The van der Waals surface area contributed by atoms with Crippen LogP contribution < -0.4 is 10.6 Å². The lowest BCUT2D eigenvalue weighted by atomic mass is 9.85. The Kier molecular flexibility index (Phi) is 9.08. The van der Waals surface area contributed by atoms with Crippen LogP contribution in [0.2, 0.25) is 0 Å². The quantitative estimate of drug-likeness (QED) is 0.418. The van der Waals surface area contributed by atoms with E-state index < -0.39 is 0 Å². The Morgan fingerprint density at radius 1 is 1.07 bits per heavy atom.